The quantitative estimate of drug-likeness (QED) is 0.168. The minimum absolute atomic E-state index is 0.602. The fourth-order valence-corrected chi connectivity index (χ4v) is 6.20. The Morgan fingerprint density at radius 3 is 1.20 bits per heavy atom. The van der Waals surface area contributed by atoms with Crippen LogP contribution in [-0.2, 0) is 0 Å². The number of pyridine rings is 1. The van der Waals surface area contributed by atoms with E-state index < -0.39 is 0 Å². The van der Waals surface area contributed by atoms with Gasteiger partial charge in [0.2, 0.25) is 0 Å². The van der Waals surface area contributed by atoms with Crippen LogP contribution in [0.5, 0.6) is 0 Å². The van der Waals surface area contributed by atoms with Crippen LogP contribution >= 0.6 is 0 Å². The summed E-state index contributed by atoms with van der Waals surface area (Å²) in [5.41, 5.74) is 9.09. The second-order valence-electron chi connectivity index (χ2n) is 12.0. The summed E-state index contributed by atoms with van der Waals surface area (Å²) in [5.74, 6) is 2.50. The molecule has 0 saturated heterocycles. The molecule has 0 bridgehead atoms. The topological polar surface area (TPSA) is 77.3 Å². The van der Waals surface area contributed by atoms with Crippen molar-refractivity contribution < 1.29 is 0 Å². The minimum Gasteiger partial charge on any atom is -0.245 e. The van der Waals surface area contributed by atoms with Crippen LogP contribution in [0.2, 0.25) is 0 Å². The molecule has 0 aliphatic heterocycles. The predicted octanol–water partition coefficient (Wildman–Crippen LogP) is 10.4. The van der Waals surface area contributed by atoms with E-state index in [0.29, 0.717) is 23.3 Å². The Hall–Kier alpha value is -6.92. The summed E-state index contributed by atoms with van der Waals surface area (Å²) in [4.78, 5) is 30.1. The van der Waals surface area contributed by atoms with Crippen molar-refractivity contribution in [3.63, 3.8) is 0 Å². The first kappa shape index (κ1) is 29.2. The van der Waals surface area contributed by atoms with Crippen molar-refractivity contribution in [1.29, 1.82) is 0 Å². The molecule has 0 radical (unpaired) electrons. The fraction of sp³-hybridized carbons (Fsp3) is 0. The lowest BCUT2D eigenvalue weighted by Gasteiger charge is -2.13. The number of nitrogens with zero attached hydrogens (tertiary/aromatic N) is 6. The first-order chi connectivity index (χ1) is 24.8. The van der Waals surface area contributed by atoms with Crippen molar-refractivity contribution >= 4 is 21.8 Å². The lowest BCUT2D eigenvalue weighted by molar-refractivity contribution is 1.07. The highest BCUT2D eigenvalue weighted by atomic mass is 15.0. The number of rotatable bonds is 6. The monoisotopic (exact) mass is 640 g/mol. The molecule has 0 fully saturated rings. The fourth-order valence-electron chi connectivity index (χ4n) is 6.20. The van der Waals surface area contributed by atoms with Gasteiger partial charge in [0.15, 0.2) is 23.3 Å². The van der Waals surface area contributed by atoms with Gasteiger partial charge in [0.1, 0.15) is 5.52 Å². The number of hydrogen-bond donors (Lipinski definition) is 0. The minimum atomic E-state index is 0.602. The van der Waals surface area contributed by atoms with Crippen molar-refractivity contribution in [2.75, 3.05) is 0 Å². The molecule has 0 spiro atoms. The number of hydrogen-bond acceptors (Lipinski definition) is 6. The molecule has 6 aromatic carbocycles. The molecular formula is C44H28N6. The van der Waals surface area contributed by atoms with Crippen LogP contribution in [0.4, 0.5) is 0 Å². The molecule has 6 nitrogen and oxygen atoms in total. The van der Waals surface area contributed by atoms with E-state index in [-0.39, 0.29) is 0 Å². The molecule has 0 unspecified atom stereocenters. The molecule has 0 atom stereocenters. The molecule has 9 aromatic rings. The van der Waals surface area contributed by atoms with Crippen LogP contribution in [0.3, 0.4) is 0 Å². The Morgan fingerprint density at radius 1 is 0.260 bits per heavy atom. The molecule has 3 aromatic heterocycles. The van der Waals surface area contributed by atoms with Crippen molar-refractivity contribution in [2.24, 2.45) is 0 Å². The van der Waals surface area contributed by atoms with Crippen LogP contribution < -0.4 is 0 Å². The van der Waals surface area contributed by atoms with Crippen LogP contribution in [-0.4, -0.2) is 29.9 Å². The molecule has 234 valence electrons. The Bertz CT molecular complexity index is 2550. The molecule has 3 heterocycles. The standard InChI is InChI=1S/C44H28N6/c1-5-13-29(14-6-1)37-28-26-31-25-27-36-38(46-41(32-15-7-2-8-16-32)47-40(36)39(31)45-37)30-21-23-35(24-22-30)44-49-42(33-17-9-3-10-18-33)48-43(50-44)34-19-11-4-12-20-34/h1-28H. The second kappa shape index (κ2) is 12.6. The lowest BCUT2D eigenvalue weighted by atomic mass is 10.0. The third-order valence-corrected chi connectivity index (χ3v) is 8.74. The third kappa shape index (κ3) is 5.55. The van der Waals surface area contributed by atoms with E-state index in [0.717, 1.165) is 66.6 Å². The molecule has 0 N–H and O–H groups in total. The maximum atomic E-state index is 5.16. The second-order valence-corrected chi connectivity index (χ2v) is 12.0. The van der Waals surface area contributed by atoms with Gasteiger partial charge in [-0.1, -0.05) is 158 Å². The molecule has 0 saturated carbocycles. The van der Waals surface area contributed by atoms with Gasteiger partial charge in [0.05, 0.1) is 16.9 Å². The Morgan fingerprint density at radius 2 is 0.680 bits per heavy atom. The van der Waals surface area contributed by atoms with Crippen molar-refractivity contribution in [1.82, 2.24) is 29.9 Å². The molecule has 6 heteroatoms. The zero-order valence-electron chi connectivity index (χ0n) is 26.8. The molecule has 0 aliphatic rings. The van der Waals surface area contributed by atoms with Crippen molar-refractivity contribution in [2.45, 2.75) is 0 Å². The van der Waals surface area contributed by atoms with E-state index in [9.17, 15) is 0 Å². The molecular weight excluding hydrogens is 613 g/mol. The third-order valence-electron chi connectivity index (χ3n) is 8.74. The largest absolute Gasteiger partial charge is 0.245 e. The number of fused-ring (bicyclic) bond motifs is 3. The summed E-state index contributed by atoms with van der Waals surface area (Å²) < 4.78 is 0. The predicted molar refractivity (Wildman–Crippen MR) is 201 cm³/mol. The van der Waals surface area contributed by atoms with Gasteiger partial charge in [0.25, 0.3) is 0 Å². The smallest absolute Gasteiger partial charge is 0.164 e. The molecule has 0 aliphatic carbocycles. The van der Waals surface area contributed by atoms with Gasteiger partial charge >= 0.3 is 0 Å². The average molecular weight is 641 g/mol. The molecule has 0 amide bonds. The van der Waals surface area contributed by atoms with Crippen LogP contribution in [0.25, 0.3) is 89.9 Å². The van der Waals surface area contributed by atoms with Gasteiger partial charge in [-0.2, -0.15) is 0 Å². The van der Waals surface area contributed by atoms with E-state index in [1.807, 2.05) is 109 Å². The van der Waals surface area contributed by atoms with Gasteiger partial charge in [-0.05, 0) is 12.1 Å². The summed E-state index contributed by atoms with van der Waals surface area (Å²) in [7, 11) is 0. The first-order valence-electron chi connectivity index (χ1n) is 16.5. The van der Waals surface area contributed by atoms with Crippen molar-refractivity contribution in [3.05, 3.63) is 170 Å². The van der Waals surface area contributed by atoms with Crippen LogP contribution in [0.15, 0.2) is 170 Å². The first-order valence-corrected chi connectivity index (χ1v) is 16.5. The highest BCUT2D eigenvalue weighted by Crippen LogP contribution is 2.35. The number of aromatic nitrogens is 6. The summed E-state index contributed by atoms with van der Waals surface area (Å²) >= 11 is 0. The van der Waals surface area contributed by atoms with Gasteiger partial charge in [-0.25, -0.2) is 29.9 Å². The van der Waals surface area contributed by atoms with Crippen molar-refractivity contribution in [3.8, 4) is 68.1 Å². The zero-order chi connectivity index (χ0) is 33.3. The molecule has 9 rings (SSSR count). The lowest BCUT2D eigenvalue weighted by Crippen LogP contribution is -2.00. The molecule has 50 heavy (non-hydrogen) atoms. The number of benzene rings is 6. The van der Waals surface area contributed by atoms with E-state index in [1.54, 1.807) is 0 Å². The summed E-state index contributed by atoms with van der Waals surface area (Å²) in [6.45, 7) is 0. The SMILES string of the molecule is c1ccc(-c2ccc3ccc4c(-c5ccc(-c6nc(-c7ccccc7)nc(-c7ccccc7)n6)cc5)nc(-c5ccccc5)nc4c3n2)cc1. The van der Waals surface area contributed by atoms with E-state index in [2.05, 4.69) is 60.7 Å². The average Bonchev–Trinajstić information content (AvgIpc) is 3.21. The Labute approximate surface area is 288 Å². The maximum Gasteiger partial charge on any atom is 0.164 e. The van der Waals surface area contributed by atoms with Crippen LogP contribution in [0.1, 0.15) is 0 Å². The van der Waals surface area contributed by atoms with Gasteiger partial charge < -0.3 is 0 Å². The highest BCUT2D eigenvalue weighted by molar-refractivity contribution is 6.08. The van der Waals surface area contributed by atoms with Gasteiger partial charge in [0, 0.05) is 44.2 Å². The Balaban J connectivity index is 1.20. The maximum absolute atomic E-state index is 5.16. The highest BCUT2D eigenvalue weighted by Gasteiger charge is 2.17. The summed E-state index contributed by atoms with van der Waals surface area (Å²) in [5, 5.41) is 1.95. The van der Waals surface area contributed by atoms with E-state index in [1.165, 1.54) is 0 Å². The van der Waals surface area contributed by atoms with E-state index >= 15 is 0 Å². The zero-order valence-corrected chi connectivity index (χ0v) is 26.8. The summed E-state index contributed by atoms with van der Waals surface area (Å²) in [6.07, 6.45) is 0. The van der Waals surface area contributed by atoms with Gasteiger partial charge in [-0.15, -0.1) is 0 Å². The van der Waals surface area contributed by atoms with Gasteiger partial charge in [-0.3, -0.25) is 0 Å². The Kier molecular flexibility index (Phi) is 7.37. The summed E-state index contributed by atoms with van der Waals surface area (Å²) in [6, 6.07) is 57.0. The van der Waals surface area contributed by atoms with E-state index in [4.69, 9.17) is 29.9 Å². The van der Waals surface area contributed by atoms with Crippen LogP contribution in [0, 0.1) is 0 Å². The normalized spacial score (nSPS) is 11.2.